The van der Waals surface area contributed by atoms with Crippen LogP contribution < -0.4 is 0 Å². The van der Waals surface area contributed by atoms with E-state index in [1.54, 1.807) is 11.0 Å². The van der Waals surface area contributed by atoms with Gasteiger partial charge in [-0.3, -0.25) is 4.79 Å². The summed E-state index contributed by atoms with van der Waals surface area (Å²) >= 11 is 0. The quantitative estimate of drug-likeness (QED) is 0.727. The van der Waals surface area contributed by atoms with Gasteiger partial charge in [-0.05, 0) is 32.3 Å². The van der Waals surface area contributed by atoms with Crippen LogP contribution in [-0.2, 0) is 4.79 Å². The monoisotopic (exact) mass is 325 g/mol. The number of halogens is 3. The minimum absolute atomic E-state index is 0.0171. The van der Waals surface area contributed by atoms with Crippen molar-refractivity contribution in [2.45, 2.75) is 57.8 Å². The van der Waals surface area contributed by atoms with Crippen LogP contribution in [0.1, 0.15) is 45.1 Å². The fourth-order valence-corrected chi connectivity index (χ4v) is 3.18. The van der Waals surface area contributed by atoms with Crippen LogP contribution in [0.5, 0.6) is 0 Å². The molecule has 0 radical (unpaired) electrons. The van der Waals surface area contributed by atoms with Crippen molar-refractivity contribution < 1.29 is 18.0 Å². The molecule has 0 N–H and O–H groups in total. The normalized spacial score (nSPS) is 16.9. The van der Waals surface area contributed by atoms with Gasteiger partial charge in [-0.2, -0.15) is 13.2 Å². The lowest BCUT2D eigenvalue weighted by molar-refractivity contribution is -0.130. The lowest BCUT2D eigenvalue weighted by atomic mass is 10.0. The number of hydrogen-bond donors (Lipinski definition) is 0. The zero-order valence-corrected chi connectivity index (χ0v) is 13.4. The molecule has 0 atom stereocenters. The molecule has 2 rings (SSSR count). The van der Waals surface area contributed by atoms with E-state index in [0.717, 1.165) is 31.8 Å². The van der Waals surface area contributed by atoms with Crippen molar-refractivity contribution in [1.82, 2.24) is 4.90 Å². The van der Waals surface area contributed by atoms with Crippen LogP contribution in [0.4, 0.5) is 13.2 Å². The Kier molecular flexibility index (Phi) is 5.50. The third-order valence-corrected chi connectivity index (χ3v) is 4.19. The third kappa shape index (κ3) is 4.36. The molecule has 1 amide bonds. The zero-order valence-electron chi connectivity index (χ0n) is 13.4. The van der Waals surface area contributed by atoms with Gasteiger partial charge in [0.05, 0.1) is 5.57 Å². The number of rotatable bonds is 4. The third-order valence-electron chi connectivity index (χ3n) is 4.19. The van der Waals surface area contributed by atoms with Crippen molar-refractivity contribution in [1.29, 1.82) is 0 Å². The largest absolute Gasteiger partial charge is 0.417 e. The van der Waals surface area contributed by atoms with E-state index in [0.29, 0.717) is 0 Å². The highest BCUT2D eigenvalue weighted by Gasteiger charge is 2.37. The van der Waals surface area contributed by atoms with E-state index >= 15 is 0 Å². The van der Waals surface area contributed by atoms with Crippen LogP contribution in [0.2, 0.25) is 0 Å². The van der Waals surface area contributed by atoms with Gasteiger partial charge in [0.15, 0.2) is 0 Å². The number of amides is 1. The zero-order chi connectivity index (χ0) is 17.0. The van der Waals surface area contributed by atoms with Crippen molar-refractivity contribution in [3.63, 3.8) is 0 Å². The number of carbonyl (C=O) groups is 1. The molecule has 0 unspecified atom stereocenters. The van der Waals surface area contributed by atoms with Gasteiger partial charge in [0.1, 0.15) is 0 Å². The van der Waals surface area contributed by atoms with Crippen LogP contribution in [0, 0.1) is 0 Å². The molecule has 1 aromatic carbocycles. The maximum absolute atomic E-state index is 13.4. The van der Waals surface area contributed by atoms with Crippen molar-refractivity contribution in [2.75, 3.05) is 0 Å². The maximum Gasteiger partial charge on any atom is 0.417 e. The Hall–Kier alpha value is -1.78. The summed E-state index contributed by atoms with van der Waals surface area (Å²) in [6.45, 7) is 3.69. The van der Waals surface area contributed by atoms with Crippen LogP contribution >= 0.6 is 0 Å². The predicted molar refractivity (Wildman–Crippen MR) is 84.7 cm³/mol. The second-order valence-corrected chi connectivity index (χ2v) is 6.20. The van der Waals surface area contributed by atoms with Crippen molar-refractivity contribution in [2.24, 2.45) is 0 Å². The first-order valence-electron chi connectivity index (χ1n) is 7.97. The summed E-state index contributed by atoms with van der Waals surface area (Å²) in [6.07, 6.45) is -0.0245. The van der Waals surface area contributed by atoms with E-state index in [1.165, 1.54) is 24.3 Å². The SMILES string of the molecule is CC(C)N(C(=O)/C=C(/c1ccccc1)C(F)(F)F)C1CCCC1. The Labute approximate surface area is 135 Å². The fourth-order valence-electron chi connectivity index (χ4n) is 3.18. The first kappa shape index (κ1) is 17.6. The van der Waals surface area contributed by atoms with Gasteiger partial charge in [-0.25, -0.2) is 0 Å². The summed E-state index contributed by atoms with van der Waals surface area (Å²) in [7, 11) is 0. The molecule has 5 heteroatoms. The first-order valence-corrected chi connectivity index (χ1v) is 7.97. The summed E-state index contributed by atoms with van der Waals surface area (Å²) in [5.41, 5.74) is -0.866. The highest BCUT2D eigenvalue weighted by molar-refractivity contribution is 5.96. The van der Waals surface area contributed by atoms with E-state index < -0.39 is 17.7 Å². The smallest absolute Gasteiger partial charge is 0.334 e. The minimum Gasteiger partial charge on any atom is -0.334 e. The van der Waals surface area contributed by atoms with Gasteiger partial charge in [0, 0.05) is 18.2 Å². The molecular weight excluding hydrogens is 303 g/mol. The lowest BCUT2D eigenvalue weighted by Gasteiger charge is -2.32. The molecule has 0 bridgehead atoms. The average Bonchev–Trinajstić information content (AvgIpc) is 2.98. The fraction of sp³-hybridized carbons (Fsp3) is 0.500. The van der Waals surface area contributed by atoms with Crippen molar-refractivity contribution >= 4 is 11.5 Å². The van der Waals surface area contributed by atoms with Crippen molar-refractivity contribution in [3.8, 4) is 0 Å². The van der Waals surface area contributed by atoms with Gasteiger partial charge >= 0.3 is 6.18 Å². The summed E-state index contributed by atoms with van der Waals surface area (Å²) in [5.74, 6) is -0.553. The number of allylic oxidation sites excluding steroid dienone is 1. The van der Waals surface area contributed by atoms with Crippen LogP contribution in [0.25, 0.3) is 5.57 Å². The van der Waals surface area contributed by atoms with Gasteiger partial charge in [0.25, 0.3) is 0 Å². The molecule has 1 aliphatic carbocycles. The molecule has 0 spiro atoms. The molecule has 0 saturated heterocycles. The lowest BCUT2D eigenvalue weighted by Crippen LogP contribution is -2.43. The molecule has 126 valence electrons. The molecular formula is C18H22F3NO. The summed E-state index contributed by atoms with van der Waals surface area (Å²) < 4.78 is 40.1. The number of carbonyl (C=O) groups excluding carboxylic acids is 1. The highest BCUT2D eigenvalue weighted by Crippen LogP contribution is 2.34. The Morgan fingerprint density at radius 1 is 1.17 bits per heavy atom. The van der Waals surface area contributed by atoms with E-state index in [-0.39, 0.29) is 17.6 Å². The van der Waals surface area contributed by atoms with E-state index in [4.69, 9.17) is 0 Å². The summed E-state index contributed by atoms with van der Waals surface area (Å²) in [6, 6.07) is 7.41. The maximum atomic E-state index is 13.4. The van der Waals surface area contributed by atoms with Gasteiger partial charge in [-0.1, -0.05) is 43.2 Å². The Morgan fingerprint density at radius 2 is 1.74 bits per heavy atom. The predicted octanol–water partition coefficient (Wildman–Crippen LogP) is 4.81. The average molecular weight is 325 g/mol. The number of alkyl halides is 3. The van der Waals surface area contributed by atoms with Gasteiger partial charge in [0.2, 0.25) is 5.91 Å². The summed E-state index contributed by atoms with van der Waals surface area (Å²) in [4.78, 5) is 14.2. The molecule has 1 aliphatic rings. The Morgan fingerprint density at radius 3 is 2.22 bits per heavy atom. The Bertz CT molecular complexity index is 557. The van der Waals surface area contributed by atoms with Crippen LogP contribution in [0.15, 0.2) is 36.4 Å². The number of nitrogens with zero attached hydrogens (tertiary/aromatic N) is 1. The van der Waals surface area contributed by atoms with E-state index in [9.17, 15) is 18.0 Å². The molecule has 1 aromatic rings. The molecule has 1 fully saturated rings. The number of benzene rings is 1. The second kappa shape index (κ2) is 7.20. The van der Waals surface area contributed by atoms with Crippen LogP contribution in [0.3, 0.4) is 0 Å². The van der Waals surface area contributed by atoms with Crippen LogP contribution in [-0.4, -0.2) is 29.1 Å². The first-order chi connectivity index (χ1) is 10.8. The van der Waals surface area contributed by atoms with Gasteiger partial charge < -0.3 is 4.90 Å². The molecule has 0 aliphatic heterocycles. The van der Waals surface area contributed by atoms with E-state index in [1.807, 2.05) is 13.8 Å². The Balaban J connectivity index is 2.35. The standard InChI is InChI=1S/C18H22F3NO/c1-13(2)22(15-10-6-7-11-15)17(23)12-16(18(19,20)21)14-8-4-3-5-9-14/h3-5,8-9,12-13,15H,6-7,10-11H2,1-2H3/b16-12-. The second-order valence-electron chi connectivity index (χ2n) is 6.20. The summed E-state index contributed by atoms with van der Waals surface area (Å²) in [5, 5.41) is 0. The molecule has 2 nitrogen and oxygen atoms in total. The molecule has 1 saturated carbocycles. The van der Waals surface area contributed by atoms with E-state index in [2.05, 4.69) is 0 Å². The molecule has 23 heavy (non-hydrogen) atoms. The highest BCUT2D eigenvalue weighted by atomic mass is 19.4. The molecule has 0 heterocycles. The number of hydrogen-bond acceptors (Lipinski definition) is 1. The van der Waals surface area contributed by atoms with Crippen molar-refractivity contribution in [3.05, 3.63) is 42.0 Å². The van der Waals surface area contributed by atoms with Gasteiger partial charge in [-0.15, -0.1) is 0 Å². The minimum atomic E-state index is -4.56. The molecule has 0 aromatic heterocycles. The topological polar surface area (TPSA) is 20.3 Å².